The molecule has 0 saturated carbocycles. The molecule has 0 unspecified atom stereocenters. The fourth-order valence-corrected chi connectivity index (χ4v) is 22.4. The average molecular weight is 896 g/mol. The number of ether oxygens (including phenoxy) is 2. The summed E-state index contributed by atoms with van der Waals surface area (Å²) in [6.45, 7) is 38.9. The van der Waals surface area contributed by atoms with Crippen LogP contribution in [-0.2, 0) is 8.85 Å². The molecule has 0 bridgehead atoms. The van der Waals surface area contributed by atoms with Crippen LogP contribution < -0.4 is 9.47 Å². The lowest BCUT2D eigenvalue weighted by Gasteiger charge is -2.42. The molecule has 2 aromatic carbocycles. The van der Waals surface area contributed by atoms with E-state index in [1.807, 2.05) is 0 Å². The van der Waals surface area contributed by atoms with Crippen LogP contribution in [0.15, 0.2) is 36.4 Å². The lowest BCUT2D eigenvalue weighted by molar-refractivity contribution is 0.267. The topological polar surface area (TPSA) is 36.9 Å². The van der Waals surface area contributed by atoms with Gasteiger partial charge < -0.3 is 18.3 Å². The van der Waals surface area contributed by atoms with Crippen molar-refractivity contribution in [2.75, 3.05) is 26.4 Å². The van der Waals surface area contributed by atoms with Crippen LogP contribution >= 0.6 is 0 Å². The van der Waals surface area contributed by atoms with Gasteiger partial charge in [-0.05, 0) is 119 Å². The van der Waals surface area contributed by atoms with Crippen molar-refractivity contribution < 1.29 is 18.3 Å². The minimum absolute atomic E-state index is 0.321. The largest absolute Gasteiger partial charge is 0.494 e. The van der Waals surface area contributed by atoms with Gasteiger partial charge in [-0.2, -0.15) is 0 Å². The highest BCUT2D eigenvalue weighted by molar-refractivity contribution is 6.78. The molecule has 0 amide bonds. The Balaban J connectivity index is 1.56. The van der Waals surface area contributed by atoms with Crippen LogP contribution in [0.5, 0.6) is 11.5 Å². The molecule has 0 saturated heterocycles. The van der Waals surface area contributed by atoms with Crippen LogP contribution in [0.1, 0.15) is 234 Å². The number of rotatable bonds is 36. The third-order valence-corrected chi connectivity index (χ3v) is 26.9. The molecule has 4 nitrogen and oxygen atoms in total. The number of aryl methyl sites for hydroxylation is 2. The number of unbranched alkanes of at least 4 members (excludes halogenated alkanes) is 16. The van der Waals surface area contributed by atoms with Crippen molar-refractivity contribution in [2.24, 2.45) is 0 Å². The number of hydrogen-bond donors (Lipinski definition) is 0. The molecule has 2 rings (SSSR count). The zero-order chi connectivity index (χ0) is 46.1. The first kappa shape index (κ1) is 56.5. The smallest absolute Gasteiger partial charge is 0.200 e. The van der Waals surface area contributed by atoms with Crippen LogP contribution in [0.4, 0.5) is 0 Å². The van der Waals surface area contributed by atoms with E-state index >= 15 is 0 Å². The Morgan fingerprint density at radius 3 is 0.823 bits per heavy atom. The molecule has 0 atom stereocenters. The second kappa shape index (κ2) is 30.6. The Morgan fingerprint density at radius 1 is 0.339 bits per heavy atom. The molecule has 2 aromatic rings. The standard InChI is InChI=1S/C56H102O4Si2/c1-44(2)61(45(3)4,46(5)6)59-40-32-28-24-20-16-18-22-26-30-38-57-53-34-36-55(50(13)42-53)52(15)56-37-35-54(43-51(56)14)58-39-31-27-23-19-17-21-25-29-33-41-60-62(47(7)8,48(9)10)49(11)12/h34-37,42-49,52H,16-33,38-41H2,1-15H3. The van der Waals surface area contributed by atoms with Gasteiger partial charge in [0.25, 0.3) is 0 Å². The summed E-state index contributed by atoms with van der Waals surface area (Å²) in [6.07, 6.45) is 23.2. The fourth-order valence-electron chi connectivity index (χ4n) is 11.4. The highest BCUT2D eigenvalue weighted by atomic mass is 28.4. The van der Waals surface area contributed by atoms with E-state index in [1.165, 1.54) is 125 Å². The second-order valence-electron chi connectivity index (χ2n) is 21.2. The van der Waals surface area contributed by atoms with Crippen molar-refractivity contribution in [3.63, 3.8) is 0 Å². The summed E-state index contributed by atoms with van der Waals surface area (Å²) in [4.78, 5) is 0. The van der Waals surface area contributed by atoms with Gasteiger partial charge in [0.1, 0.15) is 11.5 Å². The van der Waals surface area contributed by atoms with Crippen molar-refractivity contribution in [3.05, 3.63) is 58.7 Å². The fraction of sp³-hybridized carbons (Fsp3) is 0.786. The van der Waals surface area contributed by atoms with Crippen LogP contribution in [0.25, 0.3) is 0 Å². The molecule has 0 aliphatic rings. The summed E-state index contributed by atoms with van der Waals surface area (Å²) in [6, 6.07) is 13.4. The highest BCUT2D eigenvalue weighted by Gasteiger charge is 2.45. The molecule has 0 N–H and O–H groups in total. The normalized spacial score (nSPS) is 12.7. The molecule has 62 heavy (non-hydrogen) atoms. The van der Waals surface area contributed by atoms with Crippen LogP contribution in [0.2, 0.25) is 33.2 Å². The molecule has 0 aromatic heterocycles. The molecule has 0 aliphatic carbocycles. The third-order valence-electron chi connectivity index (χ3n) is 14.6. The predicted molar refractivity (Wildman–Crippen MR) is 278 cm³/mol. The minimum atomic E-state index is -1.70. The van der Waals surface area contributed by atoms with E-state index in [9.17, 15) is 0 Å². The lowest BCUT2D eigenvalue weighted by Crippen LogP contribution is -2.47. The monoisotopic (exact) mass is 895 g/mol. The maximum Gasteiger partial charge on any atom is 0.200 e. The van der Waals surface area contributed by atoms with Gasteiger partial charge in [-0.3, -0.25) is 0 Å². The molecule has 0 spiro atoms. The minimum Gasteiger partial charge on any atom is -0.494 e. The Kier molecular flexibility index (Phi) is 27.9. The first-order chi connectivity index (χ1) is 29.5. The molecule has 0 aliphatic heterocycles. The Morgan fingerprint density at radius 2 is 0.581 bits per heavy atom. The Hall–Kier alpha value is -1.61. The van der Waals surface area contributed by atoms with E-state index in [0.29, 0.717) is 39.2 Å². The quantitative estimate of drug-likeness (QED) is 0.0504. The third kappa shape index (κ3) is 18.3. The van der Waals surface area contributed by atoms with Gasteiger partial charge in [-0.25, -0.2) is 0 Å². The highest BCUT2D eigenvalue weighted by Crippen LogP contribution is 2.43. The van der Waals surface area contributed by atoms with Crippen LogP contribution in [0, 0.1) is 13.8 Å². The molecule has 0 fully saturated rings. The average Bonchev–Trinajstić information content (AvgIpc) is 3.20. The Labute approximate surface area is 388 Å². The lowest BCUT2D eigenvalue weighted by atomic mass is 9.87. The van der Waals surface area contributed by atoms with Crippen LogP contribution in [-0.4, -0.2) is 43.1 Å². The van der Waals surface area contributed by atoms with E-state index in [0.717, 1.165) is 50.8 Å². The van der Waals surface area contributed by atoms with Gasteiger partial charge in [0, 0.05) is 19.1 Å². The van der Waals surface area contributed by atoms with Gasteiger partial charge in [0.2, 0.25) is 0 Å². The number of hydrogen-bond acceptors (Lipinski definition) is 4. The van der Waals surface area contributed by atoms with Crippen molar-refractivity contribution in [2.45, 2.75) is 259 Å². The summed E-state index contributed by atoms with van der Waals surface area (Å²) in [5, 5.41) is 0. The molecule has 0 radical (unpaired) electrons. The zero-order valence-electron chi connectivity index (χ0n) is 43.7. The van der Waals surface area contributed by atoms with Gasteiger partial charge >= 0.3 is 0 Å². The van der Waals surface area contributed by atoms with E-state index < -0.39 is 16.6 Å². The van der Waals surface area contributed by atoms with E-state index in [1.54, 1.807) is 0 Å². The SMILES string of the molecule is Cc1cc(OCCCCCCCCCCCO[Si](C(C)C)(C(C)C)C(C)C)ccc1C(C)c1ccc(OCCCCCCCCCCCO[Si](C(C)C)(C(C)C)C(C)C)cc1C. The molecule has 6 heteroatoms. The van der Waals surface area contributed by atoms with E-state index in [2.05, 4.69) is 140 Å². The van der Waals surface area contributed by atoms with Crippen molar-refractivity contribution in [3.8, 4) is 11.5 Å². The predicted octanol–water partition coefficient (Wildman–Crippen LogP) is 18.6. The van der Waals surface area contributed by atoms with Gasteiger partial charge in [-0.15, -0.1) is 0 Å². The Bertz CT molecular complexity index is 1300. The van der Waals surface area contributed by atoms with Crippen molar-refractivity contribution in [1.29, 1.82) is 0 Å². The first-order valence-electron chi connectivity index (χ1n) is 26.3. The van der Waals surface area contributed by atoms with Crippen molar-refractivity contribution >= 4 is 16.6 Å². The molecular weight excluding hydrogens is 793 g/mol. The molecule has 358 valence electrons. The van der Waals surface area contributed by atoms with Gasteiger partial charge in [0.05, 0.1) is 13.2 Å². The molecular formula is C56H102O4Si2. The second-order valence-corrected chi connectivity index (χ2v) is 32.1. The maximum absolute atomic E-state index is 6.74. The summed E-state index contributed by atoms with van der Waals surface area (Å²) < 4.78 is 25.9. The summed E-state index contributed by atoms with van der Waals surface area (Å²) in [5.74, 6) is 2.32. The van der Waals surface area contributed by atoms with E-state index in [-0.39, 0.29) is 0 Å². The number of benzene rings is 2. The summed E-state index contributed by atoms with van der Waals surface area (Å²) >= 11 is 0. The zero-order valence-corrected chi connectivity index (χ0v) is 45.7. The van der Waals surface area contributed by atoms with E-state index in [4.69, 9.17) is 18.3 Å². The van der Waals surface area contributed by atoms with Crippen LogP contribution in [0.3, 0.4) is 0 Å². The maximum atomic E-state index is 6.74. The van der Waals surface area contributed by atoms with Gasteiger partial charge in [-0.1, -0.05) is 192 Å². The molecule has 0 heterocycles. The summed E-state index contributed by atoms with van der Waals surface area (Å²) in [7, 11) is -3.41. The first-order valence-corrected chi connectivity index (χ1v) is 30.5. The summed E-state index contributed by atoms with van der Waals surface area (Å²) in [5.41, 5.74) is 9.41. The van der Waals surface area contributed by atoms with Gasteiger partial charge in [0.15, 0.2) is 16.6 Å². The van der Waals surface area contributed by atoms with Crippen molar-refractivity contribution in [1.82, 2.24) is 0 Å².